The van der Waals surface area contributed by atoms with Crippen LogP contribution in [0, 0.1) is 0 Å². The van der Waals surface area contributed by atoms with E-state index in [9.17, 15) is 9.59 Å². The van der Waals surface area contributed by atoms with Crippen LogP contribution in [0.3, 0.4) is 0 Å². The first kappa shape index (κ1) is 16.8. The number of fused-ring (bicyclic) bond motifs is 1. The van der Waals surface area contributed by atoms with Crippen LogP contribution in [-0.2, 0) is 13.1 Å². The van der Waals surface area contributed by atoms with Crippen molar-refractivity contribution in [3.63, 3.8) is 0 Å². The third-order valence-electron chi connectivity index (χ3n) is 4.42. The van der Waals surface area contributed by atoms with Gasteiger partial charge < -0.3 is 4.57 Å². The first-order valence-corrected chi connectivity index (χ1v) is 8.61. The zero-order valence-electron chi connectivity index (χ0n) is 14.7. The second-order valence-corrected chi connectivity index (χ2v) is 6.19. The van der Waals surface area contributed by atoms with E-state index in [1.807, 2.05) is 36.4 Å². The van der Waals surface area contributed by atoms with Gasteiger partial charge in [0.15, 0.2) is 11.2 Å². The predicted octanol–water partition coefficient (Wildman–Crippen LogP) is 2.58. The Balaban J connectivity index is 2.02. The van der Waals surface area contributed by atoms with Crippen LogP contribution < -0.4 is 11.2 Å². The van der Waals surface area contributed by atoms with E-state index in [1.54, 1.807) is 41.2 Å². The third kappa shape index (κ3) is 2.91. The zero-order valence-corrected chi connectivity index (χ0v) is 14.7. The van der Waals surface area contributed by atoms with Gasteiger partial charge in [0, 0.05) is 13.1 Å². The number of nitrogens with zero attached hydrogens (tertiary/aromatic N) is 4. The van der Waals surface area contributed by atoms with Crippen molar-refractivity contribution < 1.29 is 0 Å². The number of allylic oxidation sites excluding steroid dienone is 1. The summed E-state index contributed by atoms with van der Waals surface area (Å²) in [5.41, 5.74) is 1.53. The Bertz CT molecular complexity index is 1220. The number of aromatic nitrogens is 4. The topological polar surface area (TPSA) is 61.8 Å². The number of benzene rings is 2. The highest BCUT2D eigenvalue weighted by atomic mass is 16.2. The number of rotatable bonds is 5. The van der Waals surface area contributed by atoms with E-state index in [0.717, 1.165) is 5.56 Å². The summed E-state index contributed by atoms with van der Waals surface area (Å²) in [4.78, 5) is 30.6. The van der Waals surface area contributed by atoms with Crippen LogP contribution in [0.1, 0.15) is 5.56 Å². The normalized spacial score (nSPS) is 11.0. The summed E-state index contributed by atoms with van der Waals surface area (Å²) < 4.78 is 4.44. The van der Waals surface area contributed by atoms with Crippen molar-refractivity contribution in [2.45, 2.75) is 13.1 Å². The fourth-order valence-corrected chi connectivity index (χ4v) is 3.19. The lowest BCUT2D eigenvalue weighted by Crippen LogP contribution is -2.39. The molecule has 27 heavy (non-hydrogen) atoms. The minimum Gasteiger partial charge on any atom is -0.320 e. The maximum atomic E-state index is 13.2. The van der Waals surface area contributed by atoms with Gasteiger partial charge >= 0.3 is 5.69 Å². The summed E-state index contributed by atoms with van der Waals surface area (Å²) in [5.74, 6) is 0. The molecule has 0 fully saturated rings. The van der Waals surface area contributed by atoms with Crippen molar-refractivity contribution in [3.8, 4) is 5.69 Å². The van der Waals surface area contributed by atoms with Crippen molar-refractivity contribution in [1.82, 2.24) is 18.7 Å². The minimum atomic E-state index is -0.427. The monoisotopic (exact) mass is 358 g/mol. The quantitative estimate of drug-likeness (QED) is 0.515. The largest absolute Gasteiger partial charge is 0.337 e. The Kier molecular flexibility index (Phi) is 4.30. The fraction of sp³-hybridized carbons (Fsp3) is 0.0952. The van der Waals surface area contributed by atoms with Crippen molar-refractivity contribution in [1.29, 1.82) is 0 Å². The molecule has 0 spiro atoms. The summed E-state index contributed by atoms with van der Waals surface area (Å²) in [6, 6.07) is 18.7. The van der Waals surface area contributed by atoms with E-state index in [0.29, 0.717) is 23.4 Å². The van der Waals surface area contributed by atoms with Gasteiger partial charge in [-0.05, 0) is 17.7 Å². The van der Waals surface area contributed by atoms with Gasteiger partial charge in [-0.1, -0.05) is 54.6 Å². The molecule has 6 heteroatoms. The van der Waals surface area contributed by atoms with Crippen LogP contribution >= 0.6 is 0 Å². The van der Waals surface area contributed by atoms with Crippen LogP contribution in [0.15, 0.2) is 89.2 Å². The van der Waals surface area contributed by atoms with Crippen LogP contribution in [0.4, 0.5) is 0 Å². The second-order valence-electron chi connectivity index (χ2n) is 6.19. The summed E-state index contributed by atoms with van der Waals surface area (Å²) in [6.07, 6.45) is 3.23. The molecule has 2 aromatic carbocycles. The smallest absolute Gasteiger partial charge is 0.320 e. The first-order valence-electron chi connectivity index (χ1n) is 8.61. The van der Waals surface area contributed by atoms with Gasteiger partial charge in [-0.3, -0.25) is 9.36 Å². The predicted molar refractivity (Wildman–Crippen MR) is 105 cm³/mol. The number of hydrogen-bond acceptors (Lipinski definition) is 3. The van der Waals surface area contributed by atoms with Gasteiger partial charge in [0.2, 0.25) is 0 Å². The van der Waals surface area contributed by atoms with Gasteiger partial charge in [-0.15, -0.1) is 6.58 Å². The molecule has 4 aromatic rings. The van der Waals surface area contributed by atoms with Gasteiger partial charge in [0.1, 0.15) is 0 Å². The van der Waals surface area contributed by atoms with Crippen LogP contribution in [0.2, 0.25) is 0 Å². The zero-order chi connectivity index (χ0) is 18.8. The van der Waals surface area contributed by atoms with Crippen molar-refractivity contribution in [2.75, 3.05) is 0 Å². The highest BCUT2D eigenvalue weighted by Gasteiger charge is 2.18. The summed E-state index contributed by atoms with van der Waals surface area (Å²) >= 11 is 0. The maximum absolute atomic E-state index is 13.2. The number of para-hydroxylation sites is 1. The average Bonchev–Trinajstić information content (AvgIpc) is 3.11. The van der Waals surface area contributed by atoms with Gasteiger partial charge in [-0.2, -0.15) is 0 Å². The van der Waals surface area contributed by atoms with E-state index in [-0.39, 0.29) is 12.1 Å². The van der Waals surface area contributed by atoms with Crippen LogP contribution in [0.5, 0.6) is 0 Å². The molecule has 0 aliphatic rings. The van der Waals surface area contributed by atoms with E-state index < -0.39 is 5.69 Å². The molecular weight excluding hydrogens is 340 g/mol. The van der Waals surface area contributed by atoms with Gasteiger partial charge in [-0.25, -0.2) is 14.3 Å². The second kappa shape index (κ2) is 6.92. The molecule has 2 aromatic heterocycles. The third-order valence-corrected chi connectivity index (χ3v) is 4.42. The maximum Gasteiger partial charge on any atom is 0.337 e. The Hall–Kier alpha value is -3.67. The van der Waals surface area contributed by atoms with Crippen LogP contribution in [0.25, 0.3) is 16.9 Å². The van der Waals surface area contributed by atoms with Crippen molar-refractivity contribution in [2.24, 2.45) is 0 Å². The molecule has 0 aliphatic heterocycles. The number of hydrogen-bond donors (Lipinski definition) is 0. The molecule has 6 nitrogen and oxygen atoms in total. The molecular formula is C21H18N4O2. The molecule has 0 N–H and O–H groups in total. The Labute approximate surface area is 155 Å². The first-order chi connectivity index (χ1) is 13.2. The average molecular weight is 358 g/mol. The Morgan fingerprint density at radius 3 is 2.30 bits per heavy atom. The van der Waals surface area contributed by atoms with E-state index in [4.69, 9.17) is 0 Å². The molecule has 134 valence electrons. The summed E-state index contributed by atoms with van der Waals surface area (Å²) in [5, 5.41) is 0. The molecule has 0 saturated heterocycles. The van der Waals surface area contributed by atoms with E-state index in [1.165, 1.54) is 9.13 Å². The van der Waals surface area contributed by atoms with E-state index in [2.05, 4.69) is 11.6 Å². The molecule has 2 heterocycles. The standard InChI is InChI=1S/C21H18N4O2/c1-2-13-24-19-18(23(15-22-19)14-16-9-5-3-6-10-16)20(26)25(21(24)27)17-11-7-4-8-12-17/h2-12,15H,1,13-14H2. The Morgan fingerprint density at radius 2 is 1.63 bits per heavy atom. The summed E-state index contributed by atoms with van der Waals surface area (Å²) in [7, 11) is 0. The fourth-order valence-electron chi connectivity index (χ4n) is 3.19. The molecule has 0 radical (unpaired) electrons. The molecule has 0 unspecified atom stereocenters. The molecule has 0 bridgehead atoms. The molecule has 0 aliphatic carbocycles. The summed E-state index contributed by atoms with van der Waals surface area (Å²) in [6.45, 7) is 4.48. The minimum absolute atomic E-state index is 0.269. The van der Waals surface area contributed by atoms with Crippen LogP contribution in [-0.4, -0.2) is 18.7 Å². The highest BCUT2D eigenvalue weighted by molar-refractivity contribution is 5.71. The van der Waals surface area contributed by atoms with Gasteiger partial charge in [0.25, 0.3) is 5.56 Å². The van der Waals surface area contributed by atoms with Crippen molar-refractivity contribution >= 4 is 11.2 Å². The Morgan fingerprint density at radius 1 is 0.963 bits per heavy atom. The molecule has 4 rings (SSSR count). The highest BCUT2D eigenvalue weighted by Crippen LogP contribution is 2.12. The van der Waals surface area contributed by atoms with Crippen molar-refractivity contribution in [3.05, 3.63) is 106 Å². The SMILES string of the molecule is C=CCn1c(=O)n(-c2ccccc2)c(=O)c2c1ncn2Cc1ccccc1. The number of imidazole rings is 1. The van der Waals surface area contributed by atoms with Gasteiger partial charge in [0.05, 0.1) is 12.0 Å². The lowest BCUT2D eigenvalue weighted by Gasteiger charge is -2.11. The van der Waals surface area contributed by atoms with E-state index >= 15 is 0 Å². The molecule has 0 saturated carbocycles. The molecule has 0 atom stereocenters. The molecule has 0 amide bonds. The lowest BCUT2D eigenvalue weighted by atomic mass is 10.2. The lowest BCUT2D eigenvalue weighted by molar-refractivity contribution is 0.716.